The van der Waals surface area contributed by atoms with E-state index in [-0.39, 0.29) is 0 Å². The number of unbranched alkanes of at least 4 members (excludes halogenated alkanes) is 1. The molecule has 4 rings (SSSR count). The number of nitrogen functional groups attached to an aromatic ring is 1. The number of benzene rings is 1. The fourth-order valence-electron chi connectivity index (χ4n) is 2.82. The van der Waals surface area contributed by atoms with Crippen LogP contribution in [0.4, 0.5) is 5.95 Å². The molecular formula is C19H19N5S. The van der Waals surface area contributed by atoms with E-state index in [1.807, 2.05) is 12.3 Å². The number of nitrogens with zero attached hydrogens (tertiary/aromatic N) is 4. The molecule has 0 atom stereocenters. The van der Waals surface area contributed by atoms with Gasteiger partial charge < -0.3 is 5.73 Å². The average Bonchev–Trinajstić information content (AvgIpc) is 3.27. The predicted octanol–water partition coefficient (Wildman–Crippen LogP) is 4.44. The molecule has 5 nitrogen and oxygen atoms in total. The smallest absolute Gasteiger partial charge is 0.224 e. The van der Waals surface area contributed by atoms with Crippen LogP contribution in [0.1, 0.15) is 25.6 Å². The highest BCUT2D eigenvalue weighted by Gasteiger charge is 2.14. The van der Waals surface area contributed by atoms with Gasteiger partial charge in [0.05, 0.1) is 11.8 Å². The molecule has 0 saturated heterocycles. The van der Waals surface area contributed by atoms with Gasteiger partial charge in [-0.2, -0.15) is 14.6 Å². The maximum Gasteiger partial charge on any atom is 0.224 e. The van der Waals surface area contributed by atoms with Crippen LogP contribution in [-0.4, -0.2) is 19.6 Å². The van der Waals surface area contributed by atoms with Crippen molar-refractivity contribution in [3.8, 4) is 21.6 Å². The summed E-state index contributed by atoms with van der Waals surface area (Å²) < 4.78 is 1.62. The summed E-state index contributed by atoms with van der Waals surface area (Å²) in [5.41, 5.74) is 10.3. The highest BCUT2D eigenvalue weighted by atomic mass is 32.1. The first-order chi connectivity index (χ1) is 12.3. The Morgan fingerprint density at radius 2 is 1.96 bits per heavy atom. The Morgan fingerprint density at radius 3 is 2.76 bits per heavy atom. The van der Waals surface area contributed by atoms with E-state index < -0.39 is 0 Å². The standard InChI is InChI=1S/C19H19N5S/c1-2-3-9-17-22-18-15(11-21-24(18)19(20)23-17)16-10-14(12-25-16)13-7-5-4-6-8-13/h4-8,10-12H,2-3,9H2,1H3,(H2,20,22,23). The van der Waals surface area contributed by atoms with Crippen LogP contribution in [0, 0.1) is 0 Å². The molecule has 0 fully saturated rings. The van der Waals surface area contributed by atoms with Gasteiger partial charge in [0.1, 0.15) is 5.82 Å². The van der Waals surface area contributed by atoms with Crippen molar-refractivity contribution in [2.24, 2.45) is 0 Å². The van der Waals surface area contributed by atoms with Gasteiger partial charge >= 0.3 is 0 Å². The molecule has 25 heavy (non-hydrogen) atoms. The van der Waals surface area contributed by atoms with E-state index in [1.165, 1.54) is 11.1 Å². The van der Waals surface area contributed by atoms with Gasteiger partial charge in [0.2, 0.25) is 5.95 Å². The third kappa shape index (κ3) is 3.00. The van der Waals surface area contributed by atoms with Crippen LogP contribution in [-0.2, 0) is 6.42 Å². The second-order valence-corrected chi connectivity index (χ2v) is 6.87. The molecule has 0 amide bonds. The van der Waals surface area contributed by atoms with Crippen molar-refractivity contribution in [3.05, 3.63) is 53.8 Å². The molecule has 126 valence electrons. The molecule has 3 aromatic heterocycles. The lowest BCUT2D eigenvalue weighted by molar-refractivity contribution is 0.743. The zero-order valence-electron chi connectivity index (χ0n) is 14.0. The Hall–Kier alpha value is -2.73. The summed E-state index contributed by atoms with van der Waals surface area (Å²) in [6.45, 7) is 2.16. The fraction of sp³-hybridized carbons (Fsp3) is 0.211. The van der Waals surface area contributed by atoms with Gasteiger partial charge in [-0.1, -0.05) is 43.7 Å². The van der Waals surface area contributed by atoms with Crippen molar-refractivity contribution in [1.29, 1.82) is 0 Å². The van der Waals surface area contributed by atoms with Crippen molar-refractivity contribution in [3.63, 3.8) is 0 Å². The van der Waals surface area contributed by atoms with Crippen LogP contribution in [0.2, 0.25) is 0 Å². The minimum atomic E-state index is 0.391. The number of nitrogens with two attached hydrogens (primary N) is 1. The minimum Gasteiger partial charge on any atom is -0.368 e. The summed E-state index contributed by atoms with van der Waals surface area (Å²) in [5, 5.41) is 6.53. The van der Waals surface area contributed by atoms with Crippen molar-refractivity contribution >= 4 is 22.9 Å². The largest absolute Gasteiger partial charge is 0.368 e. The molecule has 4 aromatic rings. The van der Waals surface area contributed by atoms with Crippen molar-refractivity contribution in [1.82, 2.24) is 19.6 Å². The van der Waals surface area contributed by atoms with Gasteiger partial charge in [-0.15, -0.1) is 11.3 Å². The summed E-state index contributed by atoms with van der Waals surface area (Å²) in [6, 6.07) is 12.5. The Kier molecular flexibility index (Phi) is 4.19. The first-order valence-corrected chi connectivity index (χ1v) is 9.28. The van der Waals surface area contributed by atoms with Gasteiger partial charge in [-0.05, 0) is 29.0 Å². The Morgan fingerprint density at radius 1 is 1.12 bits per heavy atom. The molecule has 0 bridgehead atoms. The number of thiophene rings is 1. The lowest BCUT2D eigenvalue weighted by Crippen LogP contribution is -2.07. The Bertz CT molecular complexity index is 1000. The van der Waals surface area contributed by atoms with Gasteiger partial charge in [0, 0.05) is 11.3 Å². The van der Waals surface area contributed by atoms with Crippen molar-refractivity contribution in [2.45, 2.75) is 26.2 Å². The molecule has 0 unspecified atom stereocenters. The van der Waals surface area contributed by atoms with Crippen LogP contribution in [0.3, 0.4) is 0 Å². The molecule has 0 aliphatic heterocycles. The number of aryl methyl sites for hydroxylation is 1. The topological polar surface area (TPSA) is 69.1 Å². The second kappa shape index (κ2) is 6.64. The van der Waals surface area contributed by atoms with Crippen LogP contribution in [0.25, 0.3) is 27.2 Å². The Labute approximate surface area is 150 Å². The molecule has 0 aliphatic rings. The molecule has 3 heterocycles. The quantitative estimate of drug-likeness (QED) is 0.578. The first kappa shape index (κ1) is 15.8. The first-order valence-electron chi connectivity index (χ1n) is 8.40. The summed E-state index contributed by atoms with van der Waals surface area (Å²) >= 11 is 1.69. The van der Waals surface area contributed by atoms with Gasteiger partial charge in [0.25, 0.3) is 0 Å². The molecule has 0 aliphatic carbocycles. The fourth-order valence-corrected chi connectivity index (χ4v) is 3.75. The van der Waals surface area contributed by atoms with E-state index in [0.29, 0.717) is 5.95 Å². The van der Waals surface area contributed by atoms with E-state index in [4.69, 9.17) is 10.7 Å². The van der Waals surface area contributed by atoms with Gasteiger partial charge in [-0.25, -0.2) is 4.98 Å². The van der Waals surface area contributed by atoms with E-state index in [2.05, 4.69) is 52.7 Å². The molecule has 2 N–H and O–H groups in total. The maximum atomic E-state index is 6.07. The highest BCUT2D eigenvalue weighted by Crippen LogP contribution is 2.34. The molecule has 6 heteroatoms. The van der Waals surface area contributed by atoms with Gasteiger partial charge in [-0.3, -0.25) is 0 Å². The zero-order valence-corrected chi connectivity index (χ0v) is 14.8. The third-order valence-corrected chi connectivity index (χ3v) is 5.13. The van der Waals surface area contributed by atoms with Crippen molar-refractivity contribution in [2.75, 3.05) is 5.73 Å². The highest BCUT2D eigenvalue weighted by molar-refractivity contribution is 7.14. The van der Waals surface area contributed by atoms with Gasteiger partial charge in [0.15, 0.2) is 5.65 Å². The Balaban J connectivity index is 1.76. The second-order valence-electron chi connectivity index (χ2n) is 5.96. The summed E-state index contributed by atoms with van der Waals surface area (Å²) in [5.74, 6) is 1.18. The van der Waals surface area contributed by atoms with Crippen LogP contribution < -0.4 is 5.73 Å². The lowest BCUT2D eigenvalue weighted by Gasteiger charge is -2.03. The average molecular weight is 349 g/mol. The SMILES string of the molecule is CCCCc1nc(N)n2ncc(-c3cc(-c4ccccc4)cs3)c2n1. The molecule has 0 spiro atoms. The number of hydrogen-bond donors (Lipinski definition) is 1. The molecule has 0 saturated carbocycles. The number of rotatable bonds is 5. The van der Waals surface area contributed by atoms with E-state index in [1.54, 1.807) is 15.9 Å². The van der Waals surface area contributed by atoms with Crippen LogP contribution >= 0.6 is 11.3 Å². The number of hydrogen-bond acceptors (Lipinski definition) is 5. The summed E-state index contributed by atoms with van der Waals surface area (Å²) in [6.07, 6.45) is 4.81. The van der Waals surface area contributed by atoms with Crippen molar-refractivity contribution < 1.29 is 0 Å². The van der Waals surface area contributed by atoms with E-state index in [9.17, 15) is 0 Å². The number of anilines is 1. The van der Waals surface area contributed by atoms with Crippen LogP contribution in [0.15, 0.2) is 48.0 Å². The normalized spacial score (nSPS) is 11.2. The van der Waals surface area contributed by atoms with E-state index in [0.717, 1.165) is 41.2 Å². The van der Waals surface area contributed by atoms with Crippen LogP contribution in [0.5, 0.6) is 0 Å². The molecule has 1 aromatic carbocycles. The maximum absolute atomic E-state index is 6.07. The monoisotopic (exact) mass is 349 g/mol. The van der Waals surface area contributed by atoms with E-state index >= 15 is 0 Å². The third-order valence-electron chi connectivity index (χ3n) is 4.17. The predicted molar refractivity (Wildman–Crippen MR) is 103 cm³/mol. The summed E-state index contributed by atoms with van der Waals surface area (Å²) in [4.78, 5) is 10.2. The molecule has 0 radical (unpaired) electrons. The number of aromatic nitrogens is 4. The summed E-state index contributed by atoms with van der Waals surface area (Å²) in [7, 11) is 0. The lowest BCUT2D eigenvalue weighted by atomic mass is 10.1. The minimum absolute atomic E-state index is 0.391. The number of fused-ring (bicyclic) bond motifs is 1. The molecular weight excluding hydrogens is 330 g/mol. The zero-order chi connectivity index (χ0) is 17.2.